The third-order valence-corrected chi connectivity index (χ3v) is 16.8. The summed E-state index contributed by atoms with van der Waals surface area (Å²) in [5.74, 6) is 3.38. The lowest BCUT2D eigenvalue weighted by molar-refractivity contribution is 0.767. The van der Waals surface area contributed by atoms with Crippen molar-refractivity contribution in [3.8, 4) is 107 Å². The molecule has 0 saturated heterocycles. The molecule has 0 unspecified atom stereocenters. The number of nitrogens with zero attached hydrogens (tertiary/aromatic N) is 7. The van der Waals surface area contributed by atoms with Crippen LogP contribution < -0.4 is 0 Å². The lowest BCUT2D eigenvalue weighted by atomic mass is 9.67. The van der Waals surface area contributed by atoms with E-state index in [9.17, 15) is 0 Å². The molecule has 7 heteroatoms. The van der Waals surface area contributed by atoms with Crippen LogP contribution in [0.3, 0.4) is 0 Å². The molecule has 0 saturated carbocycles. The van der Waals surface area contributed by atoms with Crippen LogP contribution in [-0.4, -0.2) is 34.5 Å². The van der Waals surface area contributed by atoms with Gasteiger partial charge >= 0.3 is 0 Å². The maximum absolute atomic E-state index is 5.32. The van der Waals surface area contributed by atoms with Crippen LogP contribution in [0.1, 0.15) is 22.3 Å². The van der Waals surface area contributed by atoms with Gasteiger partial charge in [-0.2, -0.15) is 0 Å². The van der Waals surface area contributed by atoms with E-state index >= 15 is 0 Å². The first-order chi connectivity index (χ1) is 42.6. The molecule has 0 bridgehead atoms. The van der Waals surface area contributed by atoms with E-state index in [1.807, 2.05) is 109 Å². The first-order valence-corrected chi connectivity index (χ1v) is 29.0. The fraction of sp³-hybridized carbons (Fsp3) is 0.0127. The summed E-state index contributed by atoms with van der Waals surface area (Å²) in [7, 11) is 0. The predicted molar refractivity (Wildman–Crippen MR) is 348 cm³/mol. The summed E-state index contributed by atoms with van der Waals surface area (Å²) in [5, 5.41) is 2.31. The fourth-order valence-electron chi connectivity index (χ4n) is 12.9. The molecule has 0 fully saturated rings. The Bertz CT molecular complexity index is 4930. The van der Waals surface area contributed by atoms with E-state index in [-0.39, 0.29) is 0 Å². The molecule has 402 valence electrons. The molecule has 0 radical (unpaired) electrons. The molecule has 1 aliphatic rings. The summed E-state index contributed by atoms with van der Waals surface area (Å²) in [5.41, 5.74) is 19.9. The average Bonchev–Trinajstić information content (AvgIpc) is 1.62. The summed E-state index contributed by atoms with van der Waals surface area (Å²) < 4.78 is 2.47. The number of hydrogen-bond donors (Lipinski definition) is 0. The molecule has 0 aliphatic heterocycles. The Morgan fingerprint density at radius 3 is 1.15 bits per heavy atom. The van der Waals surface area contributed by atoms with Crippen LogP contribution in [0.15, 0.2) is 309 Å². The molecule has 3 heterocycles. The Morgan fingerprint density at radius 1 is 0.233 bits per heavy atom. The second-order valence-electron chi connectivity index (χ2n) is 21.8. The van der Waals surface area contributed by atoms with Crippen LogP contribution in [0.5, 0.6) is 0 Å². The van der Waals surface area contributed by atoms with Crippen LogP contribution in [0.2, 0.25) is 0 Å². The van der Waals surface area contributed by atoms with Crippen molar-refractivity contribution >= 4 is 21.8 Å². The third-order valence-electron chi connectivity index (χ3n) is 16.8. The van der Waals surface area contributed by atoms with Gasteiger partial charge in [-0.15, -0.1) is 0 Å². The molecule has 0 spiro atoms. The largest absolute Gasteiger partial charge is 0.309 e. The standard InChI is InChI=1S/C79H51N7/c1-7-24-52(25-8-1)56-44-47-70-67(50-56)72-64(41-23-43-71(72)86(70)63-45-46-66-65-40-19-20-42-68(65)79(69(66)51-63,61-36-15-5-16-37-61)62-38-17-6-18-39-62)57-32-21-33-58(48-57)76-83-75(55-30-13-4-14-31-55)84-78(85-76)60-35-22-34-59(49-60)77-81-73(53-26-9-2-10-27-53)80-74(82-77)54-28-11-3-12-29-54/h1-51H. The Hall–Kier alpha value is -11.5. The van der Waals surface area contributed by atoms with E-state index in [1.54, 1.807) is 0 Å². The molecule has 0 N–H and O–H groups in total. The van der Waals surface area contributed by atoms with Crippen LogP contribution >= 0.6 is 0 Å². The van der Waals surface area contributed by atoms with Gasteiger partial charge < -0.3 is 4.57 Å². The topological polar surface area (TPSA) is 82.3 Å². The molecule has 16 rings (SSSR count). The molecule has 0 amide bonds. The van der Waals surface area contributed by atoms with Crippen LogP contribution in [0.25, 0.3) is 129 Å². The molecule has 86 heavy (non-hydrogen) atoms. The van der Waals surface area contributed by atoms with Gasteiger partial charge in [-0.25, -0.2) is 29.9 Å². The van der Waals surface area contributed by atoms with Gasteiger partial charge in [0.25, 0.3) is 0 Å². The zero-order valence-electron chi connectivity index (χ0n) is 46.6. The first-order valence-electron chi connectivity index (χ1n) is 29.0. The number of rotatable bonds is 11. The Kier molecular flexibility index (Phi) is 12.3. The van der Waals surface area contributed by atoms with Crippen molar-refractivity contribution < 1.29 is 0 Å². The highest BCUT2D eigenvalue weighted by atomic mass is 15.0. The van der Waals surface area contributed by atoms with E-state index < -0.39 is 5.41 Å². The maximum atomic E-state index is 5.32. The Labute approximate surface area is 498 Å². The maximum Gasteiger partial charge on any atom is 0.164 e. The van der Waals surface area contributed by atoms with Gasteiger partial charge in [0, 0.05) is 49.8 Å². The van der Waals surface area contributed by atoms with Gasteiger partial charge in [0.2, 0.25) is 0 Å². The Morgan fingerprint density at radius 2 is 0.628 bits per heavy atom. The van der Waals surface area contributed by atoms with E-state index in [1.165, 1.54) is 33.4 Å². The predicted octanol–water partition coefficient (Wildman–Crippen LogP) is 18.9. The first kappa shape index (κ1) is 50.2. The summed E-state index contributed by atoms with van der Waals surface area (Å²) in [6, 6.07) is 109. The van der Waals surface area contributed by atoms with Crippen LogP contribution in [0.4, 0.5) is 0 Å². The van der Waals surface area contributed by atoms with Crippen LogP contribution in [0, 0.1) is 0 Å². The summed E-state index contributed by atoms with van der Waals surface area (Å²) >= 11 is 0. The molecular weight excluding hydrogens is 1050 g/mol. The van der Waals surface area contributed by atoms with Gasteiger partial charge in [0.1, 0.15) is 0 Å². The third kappa shape index (κ3) is 8.60. The summed E-state index contributed by atoms with van der Waals surface area (Å²) in [6.45, 7) is 0. The molecular formula is C79H51N7. The normalized spacial score (nSPS) is 12.3. The fourth-order valence-corrected chi connectivity index (χ4v) is 12.9. The van der Waals surface area contributed by atoms with E-state index in [0.717, 1.165) is 83.1 Å². The minimum Gasteiger partial charge on any atom is -0.309 e. The van der Waals surface area contributed by atoms with Gasteiger partial charge in [-0.3, -0.25) is 0 Å². The number of fused-ring (bicyclic) bond motifs is 6. The molecule has 0 atom stereocenters. The van der Waals surface area contributed by atoms with E-state index in [0.29, 0.717) is 34.9 Å². The summed E-state index contributed by atoms with van der Waals surface area (Å²) in [4.78, 5) is 30.8. The van der Waals surface area contributed by atoms with Crippen LogP contribution in [-0.2, 0) is 5.41 Å². The lowest BCUT2D eigenvalue weighted by Gasteiger charge is -2.34. The van der Waals surface area contributed by atoms with Gasteiger partial charge in [0.15, 0.2) is 34.9 Å². The van der Waals surface area contributed by atoms with E-state index in [2.05, 4.69) is 205 Å². The smallest absolute Gasteiger partial charge is 0.164 e. The van der Waals surface area contributed by atoms with Gasteiger partial charge in [-0.05, 0) is 98.1 Å². The second-order valence-corrected chi connectivity index (χ2v) is 21.8. The monoisotopic (exact) mass is 1100 g/mol. The minimum absolute atomic E-state index is 0.529. The number of hydrogen-bond acceptors (Lipinski definition) is 6. The zero-order chi connectivity index (χ0) is 57.0. The lowest BCUT2D eigenvalue weighted by Crippen LogP contribution is -2.28. The van der Waals surface area contributed by atoms with Crippen molar-refractivity contribution in [1.82, 2.24) is 34.5 Å². The highest BCUT2D eigenvalue weighted by Gasteiger charge is 2.46. The highest BCUT2D eigenvalue weighted by molar-refractivity contribution is 6.17. The summed E-state index contributed by atoms with van der Waals surface area (Å²) in [6.07, 6.45) is 0. The number of aromatic nitrogens is 7. The van der Waals surface area contributed by atoms with Crippen molar-refractivity contribution in [1.29, 1.82) is 0 Å². The number of benzene rings is 12. The van der Waals surface area contributed by atoms with Crippen molar-refractivity contribution in [3.05, 3.63) is 332 Å². The van der Waals surface area contributed by atoms with Crippen molar-refractivity contribution in [2.75, 3.05) is 0 Å². The average molecular weight is 1100 g/mol. The van der Waals surface area contributed by atoms with Gasteiger partial charge in [-0.1, -0.05) is 267 Å². The molecule has 7 nitrogen and oxygen atoms in total. The quantitative estimate of drug-likeness (QED) is 0.128. The molecule has 1 aliphatic carbocycles. The molecule has 3 aromatic heterocycles. The molecule has 15 aromatic rings. The van der Waals surface area contributed by atoms with Crippen molar-refractivity contribution in [3.63, 3.8) is 0 Å². The SMILES string of the molecule is c1ccc(-c2ccc3c(c2)c2c(-c4cccc(-c5nc(-c6ccccc6)nc(-c6cccc(-c7nc(-c8ccccc8)nc(-c8ccccc8)n7)c6)n5)c4)cccc2n3-c2ccc3c(c2)C(c2ccccc2)(c2ccccc2)c2ccccc2-3)cc1. The second kappa shape index (κ2) is 21.0. The van der Waals surface area contributed by atoms with Crippen molar-refractivity contribution in [2.45, 2.75) is 5.41 Å². The van der Waals surface area contributed by atoms with Crippen molar-refractivity contribution in [2.24, 2.45) is 0 Å². The highest BCUT2D eigenvalue weighted by Crippen LogP contribution is 2.57. The molecule has 12 aromatic carbocycles. The van der Waals surface area contributed by atoms with Gasteiger partial charge in [0.05, 0.1) is 16.4 Å². The minimum atomic E-state index is -0.555. The zero-order valence-corrected chi connectivity index (χ0v) is 46.6. The van der Waals surface area contributed by atoms with E-state index in [4.69, 9.17) is 29.9 Å². The Balaban J connectivity index is 0.860.